The van der Waals surface area contributed by atoms with E-state index in [1.807, 2.05) is 13.8 Å². The third-order valence-electron chi connectivity index (χ3n) is 3.83. The number of aliphatic hydroxyl groups is 1. The molecule has 21 heavy (non-hydrogen) atoms. The second-order valence-electron chi connectivity index (χ2n) is 5.86. The maximum absolute atomic E-state index is 13.9. The van der Waals surface area contributed by atoms with E-state index in [0.29, 0.717) is 11.7 Å². The summed E-state index contributed by atoms with van der Waals surface area (Å²) in [4.78, 5) is 2.22. The summed E-state index contributed by atoms with van der Waals surface area (Å²) in [5.74, 6) is -0.168. The molecule has 1 unspecified atom stereocenters. The van der Waals surface area contributed by atoms with Crippen LogP contribution in [0.5, 0.6) is 5.75 Å². The van der Waals surface area contributed by atoms with Gasteiger partial charge in [0.1, 0.15) is 0 Å². The van der Waals surface area contributed by atoms with Gasteiger partial charge >= 0.3 is 0 Å². The summed E-state index contributed by atoms with van der Waals surface area (Å²) in [6.45, 7) is 4.85. The van der Waals surface area contributed by atoms with E-state index in [2.05, 4.69) is 4.90 Å². The number of anilines is 2. The topological polar surface area (TPSA) is 58.7 Å². The smallest absolute Gasteiger partial charge is 0.167 e. The minimum atomic E-state index is -0.420. The highest BCUT2D eigenvalue weighted by molar-refractivity contribution is 5.70. The highest BCUT2D eigenvalue weighted by Gasteiger charge is 2.26. The normalized spacial score (nSPS) is 18.5. The van der Waals surface area contributed by atoms with Crippen LogP contribution >= 0.6 is 0 Å². The summed E-state index contributed by atoms with van der Waals surface area (Å²) in [6.07, 6.45) is 3.79. The summed E-state index contributed by atoms with van der Waals surface area (Å²) < 4.78 is 19.4. The van der Waals surface area contributed by atoms with E-state index >= 15 is 0 Å². The first-order valence-corrected chi connectivity index (χ1v) is 7.66. The number of nitrogen functional groups attached to an aromatic ring is 1. The Bertz CT molecular complexity index is 480. The molecule has 5 heteroatoms. The van der Waals surface area contributed by atoms with Crippen LogP contribution in [-0.2, 0) is 0 Å². The fourth-order valence-electron chi connectivity index (χ4n) is 2.93. The van der Waals surface area contributed by atoms with E-state index in [1.54, 1.807) is 6.07 Å². The monoisotopic (exact) mass is 296 g/mol. The van der Waals surface area contributed by atoms with Crippen molar-refractivity contribution < 1.29 is 14.2 Å². The van der Waals surface area contributed by atoms with Crippen molar-refractivity contribution in [3.8, 4) is 5.75 Å². The largest absolute Gasteiger partial charge is 0.488 e. The Balaban J connectivity index is 2.25. The fourth-order valence-corrected chi connectivity index (χ4v) is 2.93. The third-order valence-corrected chi connectivity index (χ3v) is 3.83. The van der Waals surface area contributed by atoms with Gasteiger partial charge in [0.25, 0.3) is 0 Å². The zero-order valence-corrected chi connectivity index (χ0v) is 12.8. The molecule has 3 N–H and O–H groups in total. The summed E-state index contributed by atoms with van der Waals surface area (Å²) in [6, 6.07) is 3.41. The molecule has 0 radical (unpaired) electrons. The van der Waals surface area contributed by atoms with Gasteiger partial charge in [0.2, 0.25) is 0 Å². The number of aliphatic hydroxyl groups excluding tert-OH is 1. The molecular formula is C16H25FN2O2. The zero-order chi connectivity index (χ0) is 15.4. The van der Waals surface area contributed by atoms with E-state index < -0.39 is 5.82 Å². The number of halogens is 1. The first-order valence-electron chi connectivity index (χ1n) is 7.66. The molecule has 0 aliphatic carbocycles. The molecule has 2 rings (SSSR count). The minimum Gasteiger partial charge on any atom is -0.488 e. The Morgan fingerprint density at radius 1 is 1.48 bits per heavy atom. The highest BCUT2D eigenvalue weighted by atomic mass is 19.1. The molecule has 0 bridgehead atoms. The number of ether oxygens (including phenoxy) is 1. The van der Waals surface area contributed by atoms with Gasteiger partial charge in [-0.25, -0.2) is 4.39 Å². The van der Waals surface area contributed by atoms with Crippen molar-refractivity contribution in [2.75, 3.05) is 23.8 Å². The summed E-state index contributed by atoms with van der Waals surface area (Å²) >= 11 is 0. The second kappa shape index (κ2) is 6.98. The first kappa shape index (κ1) is 15.9. The van der Waals surface area contributed by atoms with E-state index in [-0.39, 0.29) is 18.5 Å². The van der Waals surface area contributed by atoms with Crippen molar-refractivity contribution in [3.05, 3.63) is 17.9 Å². The van der Waals surface area contributed by atoms with Crippen LogP contribution in [0.2, 0.25) is 0 Å². The van der Waals surface area contributed by atoms with Crippen LogP contribution in [0, 0.1) is 5.82 Å². The Kier molecular flexibility index (Phi) is 5.28. The molecule has 1 aromatic rings. The average Bonchev–Trinajstić information content (AvgIpc) is 2.87. The van der Waals surface area contributed by atoms with E-state index in [4.69, 9.17) is 15.6 Å². The fraction of sp³-hybridized carbons (Fsp3) is 0.625. The number of rotatable bonds is 6. The van der Waals surface area contributed by atoms with Crippen molar-refractivity contribution in [1.29, 1.82) is 0 Å². The van der Waals surface area contributed by atoms with Gasteiger partial charge < -0.3 is 20.5 Å². The summed E-state index contributed by atoms with van der Waals surface area (Å²) in [5.41, 5.74) is 7.29. The van der Waals surface area contributed by atoms with Gasteiger partial charge in [-0.2, -0.15) is 0 Å². The van der Waals surface area contributed by atoms with Gasteiger partial charge in [0.05, 0.1) is 17.5 Å². The quantitative estimate of drug-likeness (QED) is 0.792. The van der Waals surface area contributed by atoms with Crippen molar-refractivity contribution in [3.63, 3.8) is 0 Å². The lowest BCUT2D eigenvalue weighted by Crippen LogP contribution is -2.30. The van der Waals surface area contributed by atoms with Crippen LogP contribution in [0.15, 0.2) is 12.1 Å². The molecule has 1 aliphatic rings. The van der Waals surface area contributed by atoms with Crippen LogP contribution in [0.1, 0.15) is 39.5 Å². The molecule has 1 aliphatic heterocycles. The van der Waals surface area contributed by atoms with Crippen LogP contribution < -0.4 is 15.4 Å². The molecule has 0 spiro atoms. The van der Waals surface area contributed by atoms with E-state index in [9.17, 15) is 4.39 Å². The third kappa shape index (κ3) is 3.79. The molecule has 1 aromatic carbocycles. The van der Waals surface area contributed by atoms with Crippen molar-refractivity contribution in [2.24, 2.45) is 0 Å². The van der Waals surface area contributed by atoms with E-state index in [0.717, 1.165) is 37.9 Å². The Morgan fingerprint density at radius 3 is 2.90 bits per heavy atom. The molecule has 4 nitrogen and oxygen atoms in total. The number of benzene rings is 1. The maximum atomic E-state index is 13.9. The number of nitrogens with two attached hydrogens (primary N) is 1. The second-order valence-corrected chi connectivity index (χ2v) is 5.86. The first-order chi connectivity index (χ1) is 10.0. The summed E-state index contributed by atoms with van der Waals surface area (Å²) in [7, 11) is 0. The van der Waals surface area contributed by atoms with Gasteiger partial charge in [-0.05, 0) is 39.5 Å². The lowest BCUT2D eigenvalue weighted by Gasteiger charge is -2.28. The van der Waals surface area contributed by atoms with E-state index in [1.165, 1.54) is 6.07 Å². The molecule has 118 valence electrons. The van der Waals surface area contributed by atoms with Crippen molar-refractivity contribution in [1.82, 2.24) is 0 Å². The molecule has 0 aromatic heterocycles. The number of hydrogen-bond donors (Lipinski definition) is 2. The molecule has 0 amide bonds. The van der Waals surface area contributed by atoms with Crippen molar-refractivity contribution in [2.45, 2.75) is 51.7 Å². The van der Waals surface area contributed by atoms with Gasteiger partial charge in [-0.1, -0.05) is 0 Å². The zero-order valence-electron chi connectivity index (χ0n) is 12.8. The van der Waals surface area contributed by atoms with Gasteiger partial charge in [0.15, 0.2) is 11.6 Å². The predicted molar refractivity (Wildman–Crippen MR) is 83.3 cm³/mol. The number of hydrogen-bond acceptors (Lipinski definition) is 4. The lowest BCUT2D eigenvalue weighted by atomic mass is 10.1. The predicted octanol–water partition coefficient (Wildman–Crippen LogP) is 2.94. The van der Waals surface area contributed by atoms with Gasteiger partial charge in [0, 0.05) is 31.3 Å². The van der Waals surface area contributed by atoms with Gasteiger partial charge in [-0.3, -0.25) is 0 Å². The van der Waals surface area contributed by atoms with Crippen LogP contribution in [0.4, 0.5) is 15.8 Å². The van der Waals surface area contributed by atoms with Crippen LogP contribution in [-0.4, -0.2) is 30.4 Å². The van der Waals surface area contributed by atoms with Crippen LogP contribution in [0.3, 0.4) is 0 Å². The Morgan fingerprint density at radius 2 is 2.24 bits per heavy atom. The Labute approximate surface area is 125 Å². The minimum absolute atomic E-state index is 0.0836. The summed E-state index contributed by atoms with van der Waals surface area (Å²) in [5, 5.41) is 9.00. The van der Waals surface area contributed by atoms with Gasteiger partial charge in [-0.15, -0.1) is 0 Å². The lowest BCUT2D eigenvalue weighted by molar-refractivity contribution is 0.231. The maximum Gasteiger partial charge on any atom is 0.167 e. The SMILES string of the molecule is CC(C)Oc1cc(N2CCCC2CCCO)c(N)cc1F. The standard InChI is InChI=1S/C16H25FN2O2/c1-11(2)21-16-10-15(14(18)9-13(16)17)19-7-3-5-12(19)6-4-8-20/h9-12,20H,3-8,18H2,1-2H3. The molecule has 1 fully saturated rings. The van der Waals surface area contributed by atoms with Crippen molar-refractivity contribution >= 4 is 11.4 Å². The molecule has 0 saturated carbocycles. The molecule has 1 heterocycles. The number of nitrogens with zero attached hydrogens (tertiary/aromatic N) is 1. The molecule has 1 atom stereocenters. The highest BCUT2D eigenvalue weighted by Crippen LogP contribution is 2.36. The van der Waals surface area contributed by atoms with Crippen LogP contribution in [0.25, 0.3) is 0 Å². The molecule has 1 saturated heterocycles. The average molecular weight is 296 g/mol. The molecular weight excluding hydrogens is 271 g/mol. The Hall–Kier alpha value is -1.49.